The van der Waals surface area contributed by atoms with Crippen LogP contribution in [0.3, 0.4) is 0 Å². The molecule has 1 amide bonds. The van der Waals surface area contributed by atoms with Gasteiger partial charge in [0.1, 0.15) is 11.8 Å². The second-order valence-corrected chi connectivity index (χ2v) is 4.25. The van der Waals surface area contributed by atoms with E-state index < -0.39 is 0 Å². The first-order valence-electron chi connectivity index (χ1n) is 4.50. The van der Waals surface area contributed by atoms with Gasteiger partial charge < -0.3 is 14.5 Å². The van der Waals surface area contributed by atoms with Gasteiger partial charge in [-0.15, -0.1) is 0 Å². The van der Waals surface area contributed by atoms with Crippen molar-refractivity contribution >= 4 is 51.3 Å². The van der Waals surface area contributed by atoms with Crippen molar-refractivity contribution in [2.24, 2.45) is 0 Å². The predicted octanol–water partition coefficient (Wildman–Crippen LogP) is 2.81. The number of fused-ring (bicyclic) bond motifs is 1. The van der Waals surface area contributed by atoms with Crippen LogP contribution in [-0.2, 0) is 0 Å². The Kier molecular flexibility index (Phi) is 3.11. The zero-order valence-corrected chi connectivity index (χ0v) is 10.9. The molecule has 2 N–H and O–H groups in total. The van der Waals surface area contributed by atoms with Crippen LogP contribution in [0.15, 0.2) is 27.3 Å². The van der Waals surface area contributed by atoms with Crippen LogP contribution in [0.5, 0.6) is 0 Å². The molecule has 0 aliphatic rings. The smallest absolute Gasteiger partial charge is 0.254 e. The van der Waals surface area contributed by atoms with E-state index in [1.165, 1.54) is 6.26 Å². The fourth-order valence-electron chi connectivity index (χ4n) is 1.44. The van der Waals surface area contributed by atoms with Crippen molar-refractivity contribution in [2.45, 2.75) is 0 Å². The summed E-state index contributed by atoms with van der Waals surface area (Å²) in [6, 6.07) is 3.60. The van der Waals surface area contributed by atoms with Gasteiger partial charge in [-0.05, 0) is 22.0 Å². The Morgan fingerprint density at radius 3 is 2.88 bits per heavy atom. The van der Waals surface area contributed by atoms with Crippen molar-refractivity contribution in [1.29, 1.82) is 0 Å². The van der Waals surface area contributed by atoms with Crippen molar-refractivity contribution in [3.8, 4) is 0 Å². The molecule has 0 bridgehead atoms. The lowest BCUT2D eigenvalue weighted by atomic mass is 10.1. The number of benzene rings is 1. The maximum atomic E-state index is 11.5. The number of amides is 1. The highest BCUT2D eigenvalue weighted by atomic mass is 79.9. The number of halogens is 1. The monoisotopic (exact) mass is 300 g/mol. The lowest BCUT2D eigenvalue weighted by Crippen LogP contribution is -2.17. The molecular weight excluding hydrogens is 292 g/mol. The van der Waals surface area contributed by atoms with E-state index in [-0.39, 0.29) is 5.91 Å². The van der Waals surface area contributed by atoms with Gasteiger partial charge in [0.05, 0.1) is 11.3 Å². The lowest BCUT2D eigenvalue weighted by Gasteiger charge is -2.02. The highest BCUT2D eigenvalue weighted by molar-refractivity contribution is 9.10. The molecule has 84 valence electrons. The Labute approximate surface area is 106 Å². The second-order valence-electron chi connectivity index (χ2n) is 3.17. The van der Waals surface area contributed by atoms with Gasteiger partial charge >= 0.3 is 0 Å². The van der Waals surface area contributed by atoms with Crippen LogP contribution >= 0.6 is 28.7 Å². The molecule has 1 heterocycles. The highest BCUT2D eigenvalue weighted by Gasteiger charge is 2.14. The standard InChI is InChI=1S/C10H9BrN2O2S/c1-12-10(14)6-4-15-9-3-8(13-16)7(11)2-5(6)9/h2-4,13,16H,1H3,(H,12,14). The summed E-state index contributed by atoms with van der Waals surface area (Å²) >= 11 is 7.35. The quantitative estimate of drug-likeness (QED) is 0.748. The van der Waals surface area contributed by atoms with Crippen LogP contribution in [0.1, 0.15) is 10.4 Å². The van der Waals surface area contributed by atoms with E-state index in [4.69, 9.17) is 4.42 Å². The molecule has 0 atom stereocenters. The van der Waals surface area contributed by atoms with Crippen LogP contribution in [0.25, 0.3) is 11.0 Å². The number of carbonyl (C=O) groups excluding carboxylic acids is 1. The zero-order chi connectivity index (χ0) is 11.7. The largest absolute Gasteiger partial charge is 0.463 e. The maximum absolute atomic E-state index is 11.5. The normalized spacial score (nSPS) is 10.4. The first-order chi connectivity index (χ1) is 7.67. The summed E-state index contributed by atoms with van der Waals surface area (Å²) in [6.07, 6.45) is 1.44. The maximum Gasteiger partial charge on any atom is 0.254 e. The topological polar surface area (TPSA) is 54.3 Å². The van der Waals surface area contributed by atoms with E-state index in [0.717, 1.165) is 15.5 Å². The van der Waals surface area contributed by atoms with E-state index in [1.54, 1.807) is 13.1 Å². The van der Waals surface area contributed by atoms with E-state index in [2.05, 4.69) is 38.8 Å². The number of rotatable bonds is 2. The van der Waals surface area contributed by atoms with Crippen LogP contribution in [0, 0.1) is 0 Å². The SMILES string of the molecule is CNC(=O)c1coc2cc(NS)c(Br)cc12. The van der Waals surface area contributed by atoms with Crippen molar-refractivity contribution in [1.82, 2.24) is 5.32 Å². The molecule has 0 fully saturated rings. The Bertz CT molecular complexity index is 553. The van der Waals surface area contributed by atoms with Gasteiger partial charge in [-0.3, -0.25) is 4.79 Å². The molecule has 1 aromatic carbocycles. The van der Waals surface area contributed by atoms with Gasteiger partial charge in [-0.1, -0.05) is 12.8 Å². The van der Waals surface area contributed by atoms with Crippen molar-refractivity contribution in [3.05, 3.63) is 28.4 Å². The fraction of sp³-hybridized carbons (Fsp3) is 0.100. The Morgan fingerprint density at radius 2 is 2.25 bits per heavy atom. The number of hydrogen-bond acceptors (Lipinski definition) is 4. The molecule has 0 unspecified atom stereocenters. The molecule has 2 rings (SSSR count). The molecule has 0 spiro atoms. The minimum absolute atomic E-state index is 0.169. The van der Waals surface area contributed by atoms with Crippen molar-refractivity contribution < 1.29 is 9.21 Å². The third kappa shape index (κ3) is 1.78. The summed E-state index contributed by atoms with van der Waals surface area (Å²) < 4.78 is 8.86. The zero-order valence-electron chi connectivity index (χ0n) is 8.37. The summed E-state index contributed by atoms with van der Waals surface area (Å²) in [5.41, 5.74) is 1.94. The summed E-state index contributed by atoms with van der Waals surface area (Å²) in [7, 11) is 1.58. The van der Waals surface area contributed by atoms with E-state index in [9.17, 15) is 4.79 Å². The Morgan fingerprint density at radius 1 is 1.50 bits per heavy atom. The van der Waals surface area contributed by atoms with Crippen LogP contribution in [0.2, 0.25) is 0 Å². The van der Waals surface area contributed by atoms with Crippen LogP contribution < -0.4 is 10.0 Å². The lowest BCUT2D eigenvalue weighted by molar-refractivity contribution is 0.0964. The van der Waals surface area contributed by atoms with E-state index >= 15 is 0 Å². The Hall–Kier alpha value is -1.14. The van der Waals surface area contributed by atoms with Crippen LogP contribution in [-0.4, -0.2) is 13.0 Å². The summed E-state index contributed by atoms with van der Waals surface area (Å²) in [5.74, 6) is -0.169. The molecular formula is C10H9BrN2O2S. The van der Waals surface area contributed by atoms with E-state index in [1.807, 2.05) is 6.07 Å². The molecule has 4 nitrogen and oxygen atoms in total. The van der Waals surface area contributed by atoms with Gasteiger partial charge in [0.2, 0.25) is 0 Å². The minimum atomic E-state index is -0.169. The molecule has 0 radical (unpaired) electrons. The summed E-state index contributed by atoms with van der Waals surface area (Å²) in [6.45, 7) is 0. The third-order valence-electron chi connectivity index (χ3n) is 2.26. The third-order valence-corrected chi connectivity index (χ3v) is 3.15. The molecule has 0 saturated carbocycles. The molecule has 0 aliphatic carbocycles. The van der Waals surface area contributed by atoms with Gasteiger partial charge in [-0.2, -0.15) is 0 Å². The average Bonchev–Trinajstić information content (AvgIpc) is 2.69. The number of carbonyl (C=O) groups is 1. The molecule has 2 aromatic rings. The molecule has 6 heteroatoms. The van der Waals surface area contributed by atoms with Gasteiger partial charge in [-0.25, -0.2) is 0 Å². The summed E-state index contributed by atoms with van der Waals surface area (Å²) in [5, 5.41) is 3.33. The van der Waals surface area contributed by atoms with Gasteiger partial charge in [0, 0.05) is 23.0 Å². The first kappa shape index (κ1) is 11.3. The fourth-order valence-corrected chi connectivity index (χ4v) is 2.22. The number of nitrogens with one attached hydrogen (secondary N) is 2. The molecule has 16 heavy (non-hydrogen) atoms. The number of anilines is 1. The van der Waals surface area contributed by atoms with E-state index in [0.29, 0.717) is 11.1 Å². The molecule has 0 aliphatic heterocycles. The van der Waals surface area contributed by atoms with Crippen molar-refractivity contribution in [2.75, 3.05) is 11.8 Å². The number of furan rings is 1. The second kappa shape index (κ2) is 4.39. The van der Waals surface area contributed by atoms with Gasteiger partial charge in [0.15, 0.2) is 0 Å². The summed E-state index contributed by atoms with van der Waals surface area (Å²) in [4.78, 5) is 11.5. The van der Waals surface area contributed by atoms with Crippen LogP contribution in [0.4, 0.5) is 5.69 Å². The predicted molar refractivity (Wildman–Crippen MR) is 69.9 cm³/mol. The minimum Gasteiger partial charge on any atom is -0.463 e. The molecule has 0 saturated heterocycles. The van der Waals surface area contributed by atoms with Gasteiger partial charge in [0.25, 0.3) is 5.91 Å². The highest BCUT2D eigenvalue weighted by Crippen LogP contribution is 2.31. The number of hydrogen-bond donors (Lipinski definition) is 3. The number of thiol groups is 1. The Balaban J connectivity index is 2.65. The van der Waals surface area contributed by atoms with Crippen molar-refractivity contribution in [3.63, 3.8) is 0 Å². The average molecular weight is 301 g/mol. The molecule has 1 aromatic heterocycles. The first-order valence-corrected chi connectivity index (χ1v) is 5.74.